The van der Waals surface area contributed by atoms with E-state index in [1.54, 1.807) is 0 Å². The summed E-state index contributed by atoms with van der Waals surface area (Å²) in [4.78, 5) is 18.2. The summed E-state index contributed by atoms with van der Waals surface area (Å²) < 4.78 is 0. The number of benzene rings is 4. The molecule has 4 aromatic carbocycles. The molecule has 0 atom stereocenters. The van der Waals surface area contributed by atoms with Crippen LogP contribution in [-0.2, 0) is 25.7 Å². The van der Waals surface area contributed by atoms with Crippen molar-refractivity contribution < 1.29 is 0 Å². The summed E-state index contributed by atoms with van der Waals surface area (Å²) in [6.45, 7) is 0. The second-order valence-electron chi connectivity index (χ2n) is 14.6. The van der Waals surface area contributed by atoms with Crippen LogP contribution >= 0.6 is 0 Å². The molecule has 0 saturated heterocycles. The molecule has 0 aliphatic carbocycles. The third-order valence-corrected chi connectivity index (χ3v) is 10.9. The molecule has 0 unspecified atom stereocenters. The van der Waals surface area contributed by atoms with Crippen LogP contribution in [0.3, 0.4) is 0 Å². The summed E-state index contributed by atoms with van der Waals surface area (Å²) in [5.41, 5.74) is 17.6. The first-order chi connectivity index (χ1) is 29.5. The van der Waals surface area contributed by atoms with E-state index in [0.717, 1.165) is 112 Å². The molecule has 2 aliphatic heterocycles. The van der Waals surface area contributed by atoms with Crippen molar-refractivity contribution in [1.29, 1.82) is 21.0 Å². The monoisotopic (exact) mass is 770 g/mol. The average Bonchev–Trinajstić information content (AvgIpc) is 4.12. The molecule has 5 heterocycles. The van der Waals surface area contributed by atoms with Crippen LogP contribution in [0.5, 0.6) is 0 Å². The van der Waals surface area contributed by atoms with Crippen molar-refractivity contribution in [3.63, 3.8) is 0 Å². The number of aromatic nitrogens is 4. The summed E-state index contributed by atoms with van der Waals surface area (Å²) in [6.07, 6.45) is 9.45. The Bertz CT molecular complexity index is 2780. The van der Waals surface area contributed by atoms with Crippen molar-refractivity contribution >= 4 is 46.4 Å². The largest absolute Gasteiger partial charge is 0.354 e. The molecular weight excluding hydrogens is 737 g/mol. The van der Waals surface area contributed by atoms with E-state index in [4.69, 9.17) is 9.97 Å². The minimum absolute atomic E-state index is 0.316. The molecule has 2 N–H and O–H groups in total. The van der Waals surface area contributed by atoms with Crippen LogP contribution in [0.25, 0.3) is 90.9 Å². The van der Waals surface area contributed by atoms with Crippen LogP contribution < -0.4 is 0 Å². The maximum Gasteiger partial charge on any atom is 0.0737 e. The fourth-order valence-corrected chi connectivity index (χ4v) is 7.94. The number of aromatic amines is 2. The zero-order valence-corrected chi connectivity index (χ0v) is 32.4. The number of rotatable bonds is 8. The Labute approximate surface area is 347 Å². The predicted molar refractivity (Wildman–Crippen MR) is 238 cm³/mol. The Morgan fingerprint density at radius 3 is 0.733 bits per heavy atom. The lowest BCUT2D eigenvalue weighted by Gasteiger charge is -2.08. The van der Waals surface area contributed by atoms with Gasteiger partial charge in [-0.3, -0.25) is 0 Å². The van der Waals surface area contributed by atoms with E-state index in [1.807, 2.05) is 121 Å². The van der Waals surface area contributed by atoms with Gasteiger partial charge >= 0.3 is 0 Å². The van der Waals surface area contributed by atoms with Gasteiger partial charge in [0.05, 0.1) is 72.7 Å². The maximum absolute atomic E-state index is 9.39. The van der Waals surface area contributed by atoms with Gasteiger partial charge in [0, 0.05) is 44.3 Å². The van der Waals surface area contributed by atoms with Gasteiger partial charge < -0.3 is 9.97 Å². The molecule has 3 aromatic heterocycles. The Morgan fingerprint density at radius 2 is 0.533 bits per heavy atom. The van der Waals surface area contributed by atoms with Crippen molar-refractivity contribution in [1.82, 2.24) is 19.9 Å². The number of nitriles is 4. The van der Waals surface area contributed by atoms with Crippen LogP contribution in [0, 0.1) is 45.3 Å². The highest BCUT2D eigenvalue weighted by atomic mass is 14.8. The van der Waals surface area contributed by atoms with Crippen molar-refractivity contribution in [2.24, 2.45) is 0 Å². The van der Waals surface area contributed by atoms with Crippen molar-refractivity contribution in [2.75, 3.05) is 0 Å². The van der Waals surface area contributed by atoms with E-state index >= 15 is 0 Å². The van der Waals surface area contributed by atoms with Crippen LogP contribution in [-0.4, -0.2) is 19.9 Å². The van der Waals surface area contributed by atoms with Crippen molar-refractivity contribution in [3.8, 4) is 68.8 Å². The third-order valence-electron chi connectivity index (χ3n) is 10.9. The molecule has 60 heavy (non-hydrogen) atoms. The van der Waals surface area contributed by atoms with Crippen LogP contribution in [0.15, 0.2) is 121 Å². The highest BCUT2D eigenvalue weighted by Gasteiger charge is 2.19. The Kier molecular flexibility index (Phi) is 9.96. The topological polar surface area (TPSA) is 153 Å². The standard InChI is InChI=1S/C52H34N8/c53-29-25-33-1-9-37(10-2-33)49-41-17-19-43(57-41)50(38-11-3-34(4-12-38)26-30-54)45-21-23-47(59-45)52(40-15-7-36(8-16-40)28-32-56)48-24-22-46(60-48)51(44-20-18-42(49)58-44)39-13-5-35(6-14-39)27-31-55/h1-24,57,60H,25-28H2. The second-order valence-corrected chi connectivity index (χ2v) is 14.6. The molecule has 0 spiro atoms. The maximum atomic E-state index is 9.39. The van der Waals surface area contributed by atoms with Gasteiger partial charge in [0.15, 0.2) is 0 Å². The second kappa shape index (κ2) is 16.1. The molecule has 8 nitrogen and oxygen atoms in total. The lowest BCUT2D eigenvalue weighted by molar-refractivity contribution is 1.26. The number of hydrogen-bond acceptors (Lipinski definition) is 6. The summed E-state index contributed by atoms with van der Waals surface area (Å²) in [6, 6.07) is 49.5. The van der Waals surface area contributed by atoms with Crippen LogP contribution in [0.4, 0.5) is 0 Å². The molecule has 8 bridgehead atoms. The van der Waals surface area contributed by atoms with E-state index in [0.29, 0.717) is 25.7 Å². The van der Waals surface area contributed by atoms with Gasteiger partial charge in [-0.05, 0) is 93.1 Å². The number of H-pyrrole nitrogens is 2. The van der Waals surface area contributed by atoms with Gasteiger partial charge in [-0.2, -0.15) is 21.0 Å². The molecule has 2 aliphatic rings. The number of nitrogens with zero attached hydrogens (tertiary/aromatic N) is 6. The third kappa shape index (κ3) is 7.14. The van der Waals surface area contributed by atoms with Crippen molar-refractivity contribution in [2.45, 2.75) is 25.7 Å². The molecule has 0 amide bonds. The summed E-state index contributed by atoms with van der Waals surface area (Å²) >= 11 is 0. The number of hydrogen-bond donors (Lipinski definition) is 2. The minimum atomic E-state index is 0.316. The van der Waals surface area contributed by atoms with Gasteiger partial charge in [0.25, 0.3) is 0 Å². The number of nitrogens with one attached hydrogen (secondary N) is 2. The molecule has 0 radical (unpaired) electrons. The molecule has 9 rings (SSSR count). The normalized spacial score (nSPS) is 11.4. The highest BCUT2D eigenvalue weighted by molar-refractivity contribution is 5.99. The smallest absolute Gasteiger partial charge is 0.0737 e. The lowest BCUT2D eigenvalue weighted by Crippen LogP contribution is -1.91. The Balaban J connectivity index is 1.41. The van der Waals surface area contributed by atoms with Crippen molar-refractivity contribution in [3.05, 3.63) is 166 Å². The predicted octanol–water partition coefficient (Wildman–Crippen LogP) is 11.6. The molecule has 7 aromatic rings. The quantitative estimate of drug-likeness (QED) is 0.157. The van der Waals surface area contributed by atoms with Gasteiger partial charge in [-0.1, -0.05) is 97.1 Å². The summed E-state index contributed by atoms with van der Waals surface area (Å²) in [5.74, 6) is 0. The number of fused-ring (bicyclic) bond motifs is 8. The van der Waals surface area contributed by atoms with Gasteiger partial charge in [0.2, 0.25) is 0 Å². The zero-order valence-electron chi connectivity index (χ0n) is 32.4. The average molecular weight is 771 g/mol. The molecule has 0 fully saturated rings. The van der Waals surface area contributed by atoms with Gasteiger partial charge in [0.1, 0.15) is 0 Å². The first-order valence-electron chi connectivity index (χ1n) is 19.5. The summed E-state index contributed by atoms with van der Waals surface area (Å²) in [7, 11) is 0. The molecule has 282 valence electrons. The SMILES string of the molecule is N#CCc1ccc(-c2c3nc(c(-c4ccc(CC#N)cc4)c4ccc([nH]4)c(-c4ccc(CC#N)cc4)c4nc(c(-c5ccc(CC#N)cc5)c5ccc2[nH]5)C=C4)C=C3)cc1. The minimum Gasteiger partial charge on any atom is -0.354 e. The molecular formula is C52H34N8. The molecule has 0 saturated carbocycles. The first-order valence-corrected chi connectivity index (χ1v) is 19.5. The fraction of sp³-hybridized carbons (Fsp3) is 0.0769. The Hall–Kier alpha value is -8.56. The van der Waals surface area contributed by atoms with Crippen LogP contribution in [0.2, 0.25) is 0 Å². The van der Waals surface area contributed by atoms with Gasteiger partial charge in [-0.15, -0.1) is 0 Å². The van der Waals surface area contributed by atoms with E-state index in [2.05, 4.69) is 58.5 Å². The van der Waals surface area contributed by atoms with E-state index in [9.17, 15) is 21.0 Å². The van der Waals surface area contributed by atoms with E-state index < -0.39 is 0 Å². The highest BCUT2D eigenvalue weighted by Crippen LogP contribution is 2.38. The van der Waals surface area contributed by atoms with Gasteiger partial charge in [-0.25, -0.2) is 9.97 Å². The van der Waals surface area contributed by atoms with E-state index in [-0.39, 0.29) is 0 Å². The Morgan fingerprint density at radius 1 is 0.317 bits per heavy atom. The first kappa shape index (κ1) is 37.0. The zero-order chi connectivity index (χ0) is 41.0. The van der Waals surface area contributed by atoms with Crippen LogP contribution in [0.1, 0.15) is 45.0 Å². The van der Waals surface area contributed by atoms with E-state index in [1.165, 1.54) is 0 Å². The fourth-order valence-electron chi connectivity index (χ4n) is 7.94. The molecule has 8 heteroatoms. The lowest BCUT2D eigenvalue weighted by atomic mass is 10.0. The summed E-state index contributed by atoms with van der Waals surface area (Å²) in [5, 5.41) is 37.6.